The molecule has 1 N–H and O–H groups in total. The van der Waals surface area contributed by atoms with Crippen LogP contribution in [0.25, 0.3) is 0 Å². The maximum absolute atomic E-state index is 8.36. The zero-order valence-corrected chi connectivity index (χ0v) is 6.19. The summed E-state index contributed by atoms with van der Waals surface area (Å²) in [4.78, 5) is 8.36. The Balaban J connectivity index is -0.0000000400. The van der Waals surface area contributed by atoms with Crippen LogP contribution in [0, 0.1) is 0 Å². The summed E-state index contributed by atoms with van der Waals surface area (Å²) in [6.45, 7) is -0.250. The van der Waals surface area contributed by atoms with E-state index in [4.69, 9.17) is 9.90 Å². The van der Waals surface area contributed by atoms with Crippen molar-refractivity contribution in [2.75, 3.05) is 0 Å². The van der Waals surface area contributed by atoms with Crippen molar-refractivity contribution in [2.24, 2.45) is 0 Å². The van der Waals surface area contributed by atoms with Gasteiger partial charge in [-0.1, -0.05) is 0 Å². The summed E-state index contributed by atoms with van der Waals surface area (Å²) < 4.78 is 0. The van der Waals surface area contributed by atoms with E-state index in [0.717, 1.165) is 13.1 Å². The molecule has 0 heterocycles. The Morgan fingerprint density at radius 2 is 1.57 bits per heavy atom. The summed E-state index contributed by atoms with van der Waals surface area (Å²) in [7, 11) is 9.34. The first-order valence-electron chi connectivity index (χ1n) is 0.722. The average Bonchev–Trinajstić information content (AvgIpc) is 1.39. The molecular formula is CH2Cl2Cu2O2. The molecule has 0 rings (SSSR count). The van der Waals surface area contributed by atoms with Crippen LogP contribution in [0.5, 0.6) is 0 Å². The Labute approximate surface area is 66.6 Å². The standard InChI is InChI=1S/CH2O2.2ClH.2Cu/c2-1-3;;;;/h1H,(H,2,3);2*1H;;/q;;;;+2/p-2. The van der Waals surface area contributed by atoms with E-state index in [2.05, 4.69) is 20.2 Å². The normalized spacial score (nSPS) is 4.86. The fraction of sp³-hybridized carbons (Fsp3) is 0. The van der Waals surface area contributed by atoms with E-state index in [1.807, 2.05) is 0 Å². The first-order chi connectivity index (χ1) is 2.83. The van der Waals surface area contributed by atoms with Gasteiger partial charge in [-0.05, 0) is 0 Å². The van der Waals surface area contributed by atoms with Gasteiger partial charge < -0.3 is 5.11 Å². The number of carbonyl (C=O) groups is 1. The van der Waals surface area contributed by atoms with Crippen LogP contribution in [-0.4, -0.2) is 11.6 Å². The molecule has 2 nitrogen and oxygen atoms in total. The third-order valence-corrected chi connectivity index (χ3v) is 0. The van der Waals surface area contributed by atoms with Gasteiger partial charge in [0.2, 0.25) is 0 Å². The van der Waals surface area contributed by atoms with Crippen molar-refractivity contribution in [1.82, 2.24) is 0 Å². The molecule has 0 aliphatic carbocycles. The van der Waals surface area contributed by atoms with Crippen LogP contribution in [0.1, 0.15) is 0 Å². The number of carboxylic acid groups (broad SMARTS) is 1. The second-order valence-electron chi connectivity index (χ2n) is 0.148. The molecule has 0 saturated heterocycles. The van der Waals surface area contributed by atoms with Gasteiger partial charge in [-0.25, -0.2) is 0 Å². The van der Waals surface area contributed by atoms with Crippen molar-refractivity contribution < 1.29 is 40.1 Å². The van der Waals surface area contributed by atoms with Crippen LogP contribution < -0.4 is 0 Å². The summed E-state index contributed by atoms with van der Waals surface area (Å²) in [6, 6.07) is 0. The predicted octanol–water partition coefficient (Wildman–Crippen LogP) is 1.07. The minimum absolute atomic E-state index is 0. The van der Waals surface area contributed by atoms with E-state index in [1.165, 1.54) is 0 Å². The zero-order chi connectivity index (χ0) is 5.41. The van der Waals surface area contributed by atoms with Crippen LogP contribution in [0.3, 0.4) is 0 Å². The van der Waals surface area contributed by atoms with Crippen molar-refractivity contribution in [3.8, 4) is 0 Å². The molecule has 0 aliphatic rings. The minimum Gasteiger partial charge on any atom is 0 e. The number of rotatable bonds is 0. The van der Waals surface area contributed by atoms with E-state index in [1.54, 1.807) is 0 Å². The van der Waals surface area contributed by atoms with E-state index >= 15 is 0 Å². The first-order valence-corrected chi connectivity index (χ1v) is 3.31. The van der Waals surface area contributed by atoms with Crippen molar-refractivity contribution >= 4 is 26.7 Å². The van der Waals surface area contributed by atoms with Crippen LogP contribution in [0.2, 0.25) is 0 Å². The SMILES string of the molecule is O=CO.[Cl][Cu][Cl].[Cu]. The molecule has 7 heavy (non-hydrogen) atoms. The van der Waals surface area contributed by atoms with E-state index < -0.39 is 0 Å². The smallest absolute Gasteiger partial charge is 0 e. The van der Waals surface area contributed by atoms with Crippen molar-refractivity contribution in [2.45, 2.75) is 0 Å². The molecule has 0 atom stereocenters. The van der Waals surface area contributed by atoms with Gasteiger partial charge in [0.15, 0.2) is 0 Å². The molecule has 0 spiro atoms. The molecule has 6 heteroatoms. The van der Waals surface area contributed by atoms with Crippen LogP contribution >= 0.6 is 20.2 Å². The summed E-state index contributed by atoms with van der Waals surface area (Å²) in [5, 5.41) is 6.89. The Hall–Kier alpha value is 1.09. The molecule has 0 amide bonds. The zero-order valence-electron chi connectivity index (χ0n) is 2.79. The van der Waals surface area contributed by atoms with Crippen molar-refractivity contribution in [3.05, 3.63) is 0 Å². The second kappa shape index (κ2) is 27.5. The van der Waals surface area contributed by atoms with Crippen molar-refractivity contribution in [3.63, 3.8) is 0 Å². The number of hydrogen-bond acceptors (Lipinski definition) is 1. The van der Waals surface area contributed by atoms with E-state index in [0.29, 0.717) is 0 Å². The average molecular weight is 244 g/mol. The van der Waals surface area contributed by atoms with Gasteiger partial charge in [0, 0.05) is 17.1 Å². The maximum atomic E-state index is 8.36. The summed E-state index contributed by atoms with van der Waals surface area (Å²) in [5.41, 5.74) is 0. The van der Waals surface area contributed by atoms with Gasteiger partial charge in [0.05, 0.1) is 0 Å². The summed E-state index contributed by atoms with van der Waals surface area (Å²) in [5.74, 6) is 0. The Morgan fingerprint density at radius 3 is 1.57 bits per heavy atom. The predicted molar refractivity (Wildman–Crippen MR) is 20.4 cm³/mol. The fourth-order valence-corrected chi connectivity index (χ4v) is 0. The molecule has 0 aromatic heterocycles. The van der Waals surface area contributed by atoms with Crippen LogP contribution in [0.4, 0.5) is 0 Å². The largest absolute Gasteiger partial charge is 0 e. The monoisotopic (exact) mass is 242 g/mol. The Bertz CT molecular complexity index is 27.7. The summed E-state index contributed by atoms with van der Waals surface area (Å²) in [6.07, 6.45) is 0. The third-order valence-electron chi connectivity index (χ3n) is 0. The second-order valence-corrected chi connectivity index (χ2v) is 1.70. The molecule has 0 bridgehead atoms. The van der Waals surface area contributed by atoms with Gasteiger partial charge >= 0.3 is 33.3 Å². The van der Waals surface area contributed by atoms with Crippen molar-refractivity contribution in [1.29, 1.82) is 0 Å². The van der Waals surface area contributed by atoms with Gasteiger partial charge in [-0.3, -0.25) is 4.79 Å². The minimum atomic E-state index is -0.250. The third kappa shape index (κ3) is 155. The Kier molecular flexibility index (Phi) is 61.8. The Morgan fingerprint density at radius 1 is 1.57 bits per heavy atom. The van der Waals surface area contributed by atoms with Gasteiger partial charge in [0.25, 0.3) is 6.47 Å². The maximum Gasteiger partial charge on any atom is 0 e. The van der Waals surface area contributed by atoms with E-state index in [-0.39, 0.29) is 23.5 Å². The first kappa shape index (κ1) is 15.7. The van der Waals surface area contributed by atoms with E-state index in [9.17, 15) is 0 Å². The van der Waals surface area contributed by atoms with Gasteiger partial charge in [0.1, 0.15) is 0 Å². The topological polar surface area (TPSA) is 37.3 Å². The number of halogens is 2. The quantitative estimate of drug-likeness (QED) is 0.511. The molecule has 0 aromatic rings. The molecular weight excluding hydrogens is 242 g/mol. The molecule has 54 valence electrons. The van der Waals surface area contributed by atoms with Gasteiger partial charge in [-0.15, -0.1) is 0 Å². The number of hydrogen-bond donors (Lipinski definition) is 1. The molecule has 0 saturated carbocycles. The molecule has 0 aliphatic heterocycles. The summed E-state index contributed by atoms with van der Waals surface area (Å²) >= 11 is 0.757. The van der Waals surface area contributed by atoms with Crippen LogP contribution in [0.15, 0.2) is 0 Å². The fourth-order valence-electron chi connectivity index (χ4n) is 0. The van der Waals surface area contributed by atoms with Crippen LogP contribution in [-0.2, 0) is 35.0 Å². The molecule has 1 radical (unpaired) electrons. The van der Waals surface area contributed by atoms with Gasteiger partial charge in [-0.2, -0.15) is 0 Å². The molecule has 0 unspecified atom stereocenters. The molecule has 0 aromatic carbocycles. The molecule has 0 fully saturated rings.